The SMILES string of the molecule is COc1ccccc1N1CCN([C@@H]2CCCN(C(=O)c3ccccc3Cl)C2)CC1. The summed E-state index contributed by atoms with van der Waals surface area (Å²) in [5.41, 5.74) is 1.77. The maximum atomic E-state index is 13.0. The van der Waals surface area contributed by atoms with Crippen LogP contribution in [0.3, 0.4) is 0 Å². The summed E-state index contributed by atoms with van der Waals surface area (Å²) in [6.07, 6.45) is 2.18. The molecule has 2 heterocycles. The predicted octanol–water partition coefficient (Wildman–Crippen LogP) is 3.78. The van der Waals surface area contributed by atoms with Crippen LogP contribution in [-0.4, -0.2) is 68.1 Å². The summed E-state index contributed by atoms with van der Waals surface area (Å²) < 4.78 is 5.52. The Bertz CT molecular complexity index is 852. The average molecular weight is 414 g/mol. The van der Waals surface area contributed by atoms with Crippen LogP contribution in [0, 0.1) is 0 Å². The Labute approximate surface area is 177 Å². The van der Waals surface area contributed by atoms with Gasteiger partial charge in [0.15, 0.2) is 0 Å². The van der Waals surface area contributed by atoms with Crippen LogP contribution in [0.1, 0.15) is 23.2 Å². The Balaban J connectivity index is 1.38. The van der Waals surface area contributed by atoms with E-state index >= 15 is 0 Å². The van der Waals surface area contributed by atoms with Crippen LogP contribution in [0.4, 0.5) is 5.69 Å². The number of benzene rings is 2. The first-order chi connectivity index (χ1) is 14.2. The lowest BCUT2D eigenvalue weighted by atomic mass is 10.0. The van der Waals surface area contributed by atoms with Crippen molar-refractivity contribution in [3.8, 4) is 5.75 Å². The van der Waals surface area contributed by atoms with Crippen molar-refractivity contribution >= 4 is 23.2 Å². The molecule has 0 radical (unpaired) electrons. The highest BCUT2D eigenvalue weighted by molar-refractivity contribution is 6.33. The largest absolute Gasteiger partial charge is 0.495 e. The van der Waals surface area contributed by atoms with Crippen molar-refractivity contribution in [2.75, 3.05) is 51.3 Å². The first-order valence-electron chi connectivity index (χ1n) is 10.3. The van der Waals surface area contributed by atoms with Gasteiger partial charge >= 0.3 is 0 Å². The van der Waals surface area contributed by atoms with Gasteiger partial charge in [-0.2, -0.15) is 0 Å². The normalized spacial score (nSPS) is 20.6. The van der Waals surface area contributed by atoms with Gasteiger partial charge in [-0.05, 0) is 37.1 Å². The van der Waals surface area contributed by atoms with Gasteiger partial charge in [-0.15, -0.1) is 0 Å². The number of hydrogen-bond acceptors (Lipinski definition) is 4. The molecule has 0 aliphatic carbocycles. The van der Waals surface area contributed by atoms with Gasteiger partial charge in [0, 0.05) is 45.3 Å². The standard InChI is InChI=1S/C23H28ClN3O2/c1-29-22-11-5-4-10-21(22)26-15-13-25(14-16-26)18-7-6-12-27(17-18)23(28)19-8-2-3-9-20(19)24/h2-5,8-11,18H,6-7,12-17H2,1H3/t18-/m1/s1. The molecule has 29 heavy (non-hydrogen) atoms. The van der Waals surface area contributed by atoms with E-state index in [0.717, 1.165) is 63.5 Å². The highest BCUT2D eigenvalue weighted by Crippen LogP contribution is 2.29. The number of piperazine rings is 1. The quantitative estimate of drug-likeness (QED) is 0.764. The summed E-state index contributed by atoms with van der Waals surface area (Å²) in [5, 5.41) is 0.532. The number of rotatable bonds is 4. The van der Waals surface area contributed by atoms with E-state index in [4.69, 9.17) is 16.3 Å². The predicted molar refractivity (Wildman–Crippen MR) is 117 cm³/mol. The summed E-state index contributed by atoms with van der Waals surface area (Å²) >= 11 is 6.25. The lowest BCUT2D eigenvalue weighted by Crippen LogP contribution is -2.56. The van der Waals surface area contributed by atoms with Crippen LogP contribution in [-0.2, 0) is 0 Å². The zero-order valence-electron chi connectivity index (χ0n) is 16.9. The number of ether oxygens (including phenoxy) is 1. The van der Waals surface area contributed by atoms with Crippen molar-refractivity contribution in [2.45, 2.75) is 18.9 Å². The summed E-state index contributed by atoms with van der Waals surface area (Å²) in [6.45, 7) is 5.51. The van der Waals surface area contributed by atoms with E-state index in [0.29, 0.717) is 16.6 Å². The fourth-order valence-electron chi connectivity index (χ4n) is 4.46. The topological polar surface area (TPSA) is 36.0 Å². The zero-order valence-corrected chi connectivity index (χ0v) is 17.6. The Morgan fingerprint density at radius 2 is 1.72 bits per heavy atom. The Morgan fingerprint density at radius 1 is 1.00 bits per heavy atom. The molecule has 154 valence electrons. The highest BCUT2D eigenvalue weighted by Gasteiger charge is 2.31. The Hall–Kier alpha value is -2.24. The van der Waals surface area contributed by atoms with Gasteiger partial charge in [-0.25, -0.2) is 0 Å². The number of nitrogens with zero attached hydrogens (tertiary/aromatic N) is 3. The molecule has 2 saturated heterocycles. The molecule has 2 aromatic rings. The van der Waals surface area contributed by atoms with Crippen molar-refractivity contribution < 1.29 is 9.53 Å². The molecule has 2 aliphatic rings. The molecule has 0 spiro atoms. The van der Waals surface area contributed by atoms with Crippen molar-refractivity contribution in [1.29, 1.82) is 0 Å². The molecule has 1 atom stereocenters. The maximum absolute atomic E-state index is 13.0. The lowest BCUT2D eigenvalue weighted by Gasteiger charge is -2.44. The van der Waals surface area contributed by atoms with Crippen molar-refractivity contribution in [1.82, 2.24) is 9.80 Å². The molecule has 2 aromatic carbocycles. The average Bonchev–Trinajstić information content (AvgIpc) is 2.79. The Kier molecular flexibility index (Phi) is 6.26. The molecule has 4 rings (SSSR count). The third-order valence-electron chi connectivity index (χ3n) is 6.04. The number of hydrogen-bond donors (Lipinski definition) is 0. The van der Waals surface area contributed by atoms with E-state index < -0.39 is 0 Å². The van der Waals surface area contributed by atoms with Gasteiger partial charge in [-0.1, -0.05) is 35.9 Å². The number of likely N-dealkylation sites (tertiary alicyclic amines) is 1. The lowest BCUT2D eigenvalue weighted by molar-refractivity contribution is 0.0563. The van der Waals surface area contributed by atoms with E-state index in [1.165, 1.54) is 0 Å². The van der Waals surface area contributed by atoms with Gasteiger partial charge in [0.1, 0.15) is 5.75 Å². The second-order valence-electron chi connectivity index (χ2n) is 7.72. The van der Waals surface area contributed by atoms with Gasteiger partial charge in [-0.3, -0.25) is 9.69 Å². The molecule has 0 aromatic heterocycles. The first-order valence-corrected chi connectivity index (χ1v) is 10.7. The number of halogens is 1. The molecular weight excluding hydrogens is 386 g/mol. The highest BCUT2D eigenvalue weighted by atomic mass is 35.5. The van der Waals surface area contributed by atoms with Crippen molar-refractivity contribution in [2.24, 2.45) is 0 Å². The summed E-state index contributed by atoms with van der Waals surface area (Å²) in [5.74, 6) is 0.975. The fourth-order valence-corrected chi connectivity index (χ4v) is 4.68. The minimum atomic E-state index is 0.0490. The van der Waals surface area contributed by atoms with E-state index in [-0.39, 0.29) is 5.91 Å². The van der Waals surface area contributed by atoms with E-state index in [9.17, 15) is 4.79 Å². The number of piperidine rings is 1. The Morgan fingerprint density at radius 3 is 2.48 bits per heavy atom. The van der Waals surface area contributed by atoms with Crippen LogP contribution < -0.4 is 9.64 Å². The molecule has 0 unspecified atom stereocenters. The third kappa shape index (κ3) is 4.36. The molecule has 0 saturated carbocycles. The second kappa shape index (κ2) is 9.06. The van der Waals surface area contributed by atoms with Gasteiger partial charge in [0.05, 0.1) is 23.4 Å². The van der Waals surface area contributed by atoms with Crippen molar-refractivity contribution in [3.05, 3.63) is 59.1 Å². The number of carbonyl (C=O) groups excluding carboxylic acids is 1. The molecule has 1 amide bonds. The third-order valence-corrected chi connectivity index (χ3v) is 6.37. The molecule has 6 heteroatoms. The van der Waals surface area contributed by atoms with Crippen LogP contribution in [0.5, 0.6) is 5.75 Å². The van der Waals surface area contributed by atoms with Crippen LogP contribution in [0.2, 0.25) is 5.02 Å². The smallest absolute Gasteiger partial charge is 0.255 e. The van der Waals surface area contributed by atoms with E-state index in [2.05, 4.69) is 21.9 Å². The monoisotopic (exact) mass is 413 g/mol. The number of anilines is 1. The summed E-state index contributed by atoms with van der Waals surface area (Å²) in [7, 11) is 1.72. The van der Waals surface area contributed by atoms with E-state index in [1.54, 1.807) is 13.2 Å². The number of carbonyl (C=O) groups is 1. The van der Waals surface area contributed by atoms with Crippen molar-refractivity contribution in [3.63, 3.8) is 0 Å². The number of amides is 1. The summed E-state index contributed by atoms with van der Waals surface area (Å²) in [4.78, 5) is 19.9. The zero-order chi connectivity index (χ0) is 20.2. The first kappa shape index (κ1) is 20.0. The van der Waals surface area contributed by atoms with E-state index in [1.807, 2.05) is 35.2 Å². The molecule has 5 nitrogen and oxygen atoms in total. The summed E-state index contributed by atoms with van der Waals surface area (Å²) in [6, 6.07) is 16.0. The number of para-hydroxylation sites is 2. The molecule has 0 bridgehead atoms. The molecule has 0 N–H and O–H groups in total. The molecule has 2 fully saturated rings. The molecular formula is C23H28ClN3O2. The van der Waals surface area contributed by atoms with Gasteiger partial charge in [0.2, 0.25) is 0 Å². The maximum Gasteiger partial charge on any atom is 0.255 e. The van der Waals surface area contributed by atoms with Crippen LogP contribution >= 0.6 is 11.6 Å². The van der Waals surface area contributed by atoms with Crippen LogP contribution in [0.15, 0.2) is 48.5 Å². The van der Waals surface area contributed by atoms with Gasteiger partial charge in [0.25, 0.3) is 5.91 Å². The fraction of sp³-hybridized carbons (Fsp3) is 0.435. The minimum Gasteiger partial charge on any atom is -0.495 e. The minimum absolute atomic E-state index is 0.0490. The van der Waals surface area contributed by atoms with Gasteiger partial charge < -0.3 is 14.5 Å². The second-order valence-corrected chi connectivity index (χ2v) is 8.13. The number of methoxy groups -OCH3 is 1. The van der Waals surface area contributed by atoms with Crippen LogP contribution in [0.25, 0.3) is 0 Å². The molecule has 2 aliphatic heterocycles.